The Balaban J connectivity index is 1.45. The first-order chi connectivity index (χ1) is 19.9. The van der Waals surface area contributed by atoms with Crippen molar-refractivity contribution in [2.24, 2.45) is 4.99 Å². The molecule has 7 nitrogen and oxygen atoms in total. The average Bonchev–Trinajstić information content (AvgIpc) is 3.27. The zero-order valence-corrected chi connectivity index (χ0v) is 23.6. The number of amides is 1. The second-order valence-corrected chi connectivity index (χ2v) is 10.4. The number of rotatable bonds is 9. The third-order valence-electron chi connectivity index (χ3n) is 6.27. The summed E-state index contributed by atoms with van der Waals surface area (Å²) in [6.45, 7) is 0.506. The fourth-order valence-corrected chi connectivity index (χ4v) is 5.26. The van der Waals surface area contributed by atoms with E-state index in [0.29, 0.717) is 32.3 Å². The Hall–Kier alpha value is -4.53. The number of para-hydroxylation sites is 1. The lowest BCUT2D eigenvalue weighted by atomic mass is 10.1. The van der Waals surface area contributed by atoms with Crippen LogP contribution in [0.15, 0.2) is 107 Å². The Morgan fingerprint density at radius 2 is 1.68 bits per heavy atom. The van der Waals surface area contributed by atoms with Crippen LogP contribution in [0.25, 0.3) is 6.08 Å². The standard InChI is InChI=1S/C32H25ClN2O5S/c1-39-26-16-14-25(15-17-26)34-32-35(19-21-10-12-22(13-11-21)31(37)38)30(36)29(41-32)18-23-6-3-5-9-28(23)40-20-24-7-2-4-8-27(24)33/h2-18H,19-20H2,1H3,(H,37,38)/b29-18-,34-32?. The van der Waals surface area contributed by atoms with Crippen LogP contribution in [0.1, 0.15) is 27.0 Å². The Labute approximate surface area is 246 Å². The molecule has 1 fully saturated rings. The lowest BCUT2D eigenvalue weighted by molar-refractivity contribution is -0.122. The quantitative estimate of drug-likeness (QED) is 0.206. The van der Waals surface area contributed by atoms with Gasteiger partial charge in [-0.3, -0.25) is 9.69 Å². The summed E-state index contributed by atoms with van der Waals surface area (Å²) in [5.74, 6) is 0.0929. The number of nitrogens with zero attached hydrogens (tertiary/aromatic N) is 2. The van der Waals surface area contributed by atoms with E-state index in [4.69, 9.17) is 26.1 Å². The number of hydrogen-bond donors (Lipinski definition) is 1. The molecule has 0 unspecified atom stereocenters. The van der Waals surface area contributed by atoms with Crippen molar-refractivity contribution in [3.63, 3.8) is 0 Å². The number of amidine groups is 1. The molecule has 1 N–H and O–H groups in total. The molecule has 0 aliphatic carbocycles. The number of carbonyl (C=O) groups excluding carboxylic acids is 1. The Kier molecular flexibility index (Phi) is 8.72. The number of benzene rings is 4. The van der Waals surface area contributed by atoms with Crippen molar-refractivity contribution < 1.29 is 24.2 Å². The van der Waals surface area contributed by atoms with Crippen molar-refractivity contribution in [2.75, 3.05) is 7.11 Å². The third-order valence-corrected chi connectivity index (χ3v) is 7.65. The van der Waals surface area contributed by atoms with Crippen molar-refractivity contribution in [3.05, 3.63) is 129 Å². The van der Waals surface area contributed by atoms with E-state index in [2.05, 4.69) is 0 Å². The summed E-state index contributed by atoms with van der Waals surface area (Å²) in [7, 11) is 1.59. The molecule has 1 saturated heterocycles. The minimum absolute atomic E-state index is 0.178. The molecular weight excluding hydrogens is 560 g/mol. The SMILES string of the molecule is COc1ccc(N=C2S/C(=C\c3ccccc3OCc3ccccc3Cl)C(=O)N2Cc2ccc(C(=O)O)cc2)cc1. The van der Waals surface area contributed by atoms with Crippen molar-refractivity contribution in [3.8, 4) is 11.5 Å². The van der Waals surface area contributed by atoms with E-state index in [1.165, 1.54) is 23.9 Å². The van der Waals surface area contributed by atoms with E-state index in [0.717, 1.165) is 16.7 Å². The number of thioether (sulfide) groups is 1. The number of halogens is 1. The molecule has 0 radical (unpaired) electrons. The lowest BCUT2D eigenvalue weighted by Crippen LogP contribution is -2.28. The summed E-state index contributed by atoms with van der Waals surface area (Å²) >= 11 is 7.56. The largest absolute Gasteiger partial charge is 0.497 e. The number of carbonyl (C=O) groups is 2. The maximum Gasteiger partial charge on any atom is 0.335 e. The molecule has 4 aromatic carbocycles. The molecule has 0 aromatic heterocycles. The van der Waals surface area contributed by atoms with Gasteiger partial charge in [-0.15, -0.1) is 0 Å². The van der Waals surface area contributed by atoms with Crippen LogP contribution < -0.4 is 9.47 Å². The van der Waals surface area contributed by atoms with Gasteiger partial charge in [0.1, 0.15) is 18.1 Å². The smallest absolute Gasteiger partial charge is 0.335 e. The first kappa shape index (κ1) is 28.0. The molecule has 1 heterocycles. The van der Waals surface area contributed by atoms with Crippen molar-refractivity contribution in [1.82, 2.24) is 4.90 Å². The highest BCUT2D eigenvalue weighted by atomic mass is 35.5. The van der Waals surface area contributed by atoms with Crippen LogP contribution in [0.5, 0.6) is 11.5 Å². The molecule has 0 saturated carbocycles. The van der Waals surface area contributed by atoms with E-state index in [1.54, 1.807) is 42.4 Å². The first-order valence-electron chi connectivity index (χ1n) is 12.6. The Morgan fingerprint density at radius 3 is 2.39 bits per heavy atom. The summed E-state index contributed by atoms with van der Waals surface area (Å²) < 4.78 is 11.3. The first-order valence-corrected chi connectivity index (χ1v) is 13.8. The molecule has 4 aromatic rings. The highest BCUT2D eigenvalue weighted by Crippen LogP contribution is 2.37. The normalized spacial score (nSPS) is 15.0. The van der Waals surface area contributed by atoms with Crippen LogP contribution in [0.2, 0.25) is 5.02 Å². The van der Waals surface area contributed by atoms with Crippen LogP contribution in [0, 0.1) is 0 Å². The molecule has 0 atom stereocenters. The van der Waals surface area contributed by atoms with E-state index in [9.17, 15) is 14.7 Å². The molecule has 1 aliphatic heterocycles. The van der Waals surface area contributed by atoms with Crippen LogP contribution in [0.4, 0.5) is 5.69 Å². The second kappa shape index (κ2) is 12.8. The fraction of sp³-hybridized carbons (Fsp3) is 0.0938. The molecule has 5 rings (SSSR count). The molecule has 9 heteroatoms. The van der Waals surface area contributed by atoms with Gasteiger partial charge in [0.05, 0.1) is 29.8 Å². The van der Waals surface area contributed by atoms with Gasteiger partial charge >= 0.3 is 5.97 Å². The van der Waals surface area contributed by atoms with Gasteiger partial charge in [0.15, 0.2) is 5.17 Å². The predicted molar refractivity (Wildman–Crippen MR) is 162 cm³/mol. The lowest BCUT2D eigenvalue weighted by Gasteiger charge is -2.16. The summed E-state index contributed by atoms with van der Waals surface area (Å²) in [4.78, 5) is 31.8. The number of ether oxygens (including phenoxy) is 2. The molecule has 0 bridgehead atoms. The van der Waals surface area contributed by atoms with Crippen molar-refractivity contribution in [2.45, 2.75) is 13.2 Å². The zero-order chi connectivity index (χ0) is 28.8. The molecular formula is C32H25ClN2O5S. The van der Waals surface area contributed by atoms with Crippen LogP contribution >= 0.6 is 23.4 Å². The van der Waals surface area contributed by atoms with Gasteiger partial charge in [-0.05, 0) is 71.9 Å². The predicted octanol–water partition coefficient (Wildman–Crippen LogP) is 7.43. The van der Waals surface area contributed by atoms with Gasteiger partial charge in [0, 0.05) is 16.1 Å². The number of methoxy groups -OCH3 is 1. The van der Waals surface area contributed by atoms with Gasteiger partial charge in [-0.25, -0.2) is 9.79 Å². The van der Waals surface area contributed by atoms with Gasteiger partial charge in [-0.1, -0.05) is 60.1 Å². The minimum atomic E-state index is -1.01. The number of aromatic carboxylic acids is 1. The Bertz CT molecular complexity index is 1630. The molecule has 1 aliphatic rings. The van der Waals surface area contributed by atoms with Crippen LogP contribution in [-0.2, 0) is 17.9 Å². The van der Waals surface area contributed by atoms with E-state index in [1.807, 2.05) is 60.7 Å². The highest BCUT2D eigenvalue weighted by molar-refractivity contribution is 8.18. The monoisotopic (exact) mass is 584 g/mol. The highest BCUT2D eigenvalue weighted by Gasteiger charge is 2.33. The summed E-state index contributed by atoms with van der Waals surface area (Å²) in [5, 5.41) is 10.4. The number of carboxylic acid groups (broad SMARTS) is 1. The van der Waals surface area contributed by atoms with E-state index < -0.39 is 5.97 Å². The fourth-order valence-electron chi connectivity index (χ4n) is 4.08. The second-order valence-electron chi connectivity index (χ2n) is 9.01. The molecule has 1 amide bonds. The van der Waals surface area contributed by atoms with Crippen LogP contribution in [0.3, 0.4) is 0 Å². The minimum Gasteiger partial charge on any atom is -0.497 e. The van der Waals surface area contributed by atoms with Crippen molar-refractivity contribution in [1.29, 1.82) is 0 Å². The molecule has 41 heavy (non-hydrogen) atoms. The topological polar surface area (TPSA) is 88.4 Å². The molecule has 0 spiro atoms. The maximum atomic E-state index is 13.7. The van der Waals surface area contributed by atoms with Gasteiger partial charge in [0.25, 0.3) is 5.91 Å². The van der Waals surface area contributed by atoms with Crippen molar-refractivity contribution >= 4 is 52.2 Å². The van der Waals surface area contributed by atoms with E-state index in [-0.39, 0.29) is 24.6 Å². The van der Waals surface area contributed by atoms with Gasteiger partial charge < -0.3 is 14.6 Å². The van der Waals surface area contributed by atoms with Gasteiger partial charge in [-0.2, -0.15) is 0 Å². The summed E-state index contributed by atoms with van der Waals surface area (Å²) in [6.07, 6.45) is 1.80. The van der Waals surface area contributed by atoms with E-state index >= 15 is 0 Å². The number of hydrogen-bond acceptors (Lipinski definition) is 6. The van der Waals surface area contributed by atoms with Crippen LogP contribution in [-0.4, -0.2) is 34.2 Å². The summed E-state index contributed by atoms with van der Waals surface area (Å²) in [5.41, 5.74) is 3.22. The summed E-state index contributed by atoms with van der Waals surface area (Å²) in [6, 6.07) is 28.7. The number of carboxylic acids is 1. The molecule has 206 valence electrons. The third kappa shape index (κ3) is 6.80. The maximum absolute atomic E-state index is 13.7. The van der Waals surface area contributed by atoms with Gasteiger partial charge in [0.2, 0.25) is 0 Å². The Morgan fingerprint density at radius 1 is 0.976 bits per heavy atom. The average molecular weight is 585 g/mol. The number of aliphatic imine (C=N–C) groups is 1. The zero-order valence-electron chi connectivity index (χ0n) is 22.0.